The summed E-state index contributed by atoms with van der Waals surface area (Å²) in [5.74, 6) is 0. The summed E-state index contributed by atoms with van der Waals surface area (Å²) in [5.41, 5.74) is 0.904. The number of nitrogens with zero attached hydrogens (tertiary/aromatic N) is 1. The maximum absolute atomic E-state index is 9.50. The second-order valence-corrected chi connectivity index (χ2v) is 4.18. The zero-order valence-electron chi connectivity index (χ0n) is 9.12. The van der Waals surface area contributed by atoms with Gasteiger partial charge >= 0.3 is 0 Å². The van der Waals surface area contributed by atoms with Gasteiger partial charge in [0.15, 0.2) is 0 Å². The molecule has 0 aliphatic heterocycles. The molecule has 0 fully saturated rings. The van der Waals surface area contributed by atoms with Crippen LogP contribution in [0, 0.1) is 11.3 Å². The fourth-order valence-corrected chi connectivity index (χ4v) is 1.21. The molecular weight excluding hydrogens is 188 g/mol. The van der Waals surface area contributed by atoms with Crippen LogP contribution in [0.25, 0.3) is 0 Å². The lowest BCUT2D eigenvalue weighted by atomic mass is 10.1. The molecule has 0 saturated carbocycles. The number of benzene rings is 1. The molecule has 0 aliphatic carbocycles. The Morgan fingerprint density at radius 2 is 2.20 bits per heavy atom. The molecule has 3 nitrogen and oxygen atoms in total. The molecule has 0 amide bonds. The summed E-state index contributed by atoms with van der Waals surface area (Å²) < 4.78 is 0. The Kier molecular flexibility index (Phi) is 3.70. The highest BCUT2D eigenvalue weighted by molar-refractivity contribution is 5.48. The highest BCUT2D eigenvalue weighted by Crippen LogP contribution is 2.12. The van der Waals surface area contributed by atoms with Crippen molar-refractivity contribution in [3.05, 3.63) is 29.8 Å². The molecule has 2 N–H and O–H groups in total. The van der Waals surface area contributed by atoms with E-state index in [0.717, 1.165) is 5.69 Å². The fraction of sp³-hybridized carbons (Fsp3) is 0.417. The van der Waals surface area contributed by atoms with Gasteiger partial charge in [0, 0.05) is 12.2 Å². The molecule has 1 rings (SSSR count). The van der Waals surface area contributed by atoms with Crippen molar-refractivity contribution < 1.29 is 5.11 Å². The highest BCUT2D eigenvalue weighted by atomic mass is 16.3. The van der Waals surface area contributed by atoms with Gasteiger partial charge in [0.1, 0.15) is 0 Å². The molecule has 0 aromatic heterocycles. The van der Waals surface area contributed by atoms with Crippen LogP contribution in [0.4, 0.5) is 5.69 Å². The van der Waals surface area contributed by atoms with Crippen LogP contribution in [0.2, 0.25) is 0 Å². The lowest BCUT2D eigenvalue weighted by Gasteiger charge is -2.17. The van der Waals surface area contributed by atoms with Crippen LogP contribution in [0.5, 0.6) is 0 Å². The van der Waals surface area contributed by atoms with E-state index in [-0.39, 0.29) is 0 Å². The third kappa shape index (κ3) is 4.48. The number of rotatable bonds is 4. The number of hydrogen-bond acceptors (Lipinski definition) is 3. The average molecular weight is 204 g/mol. The summed E-state index contributed by atoms with van der Waals surface area (Å²) in [6.07, 6.45) is 0.670. The zero-order valence-corrected chi connectivity index (χ0v) is 9.12. The van der Waals surface area contributed by atoms with Crippen molar-refractivity contribution in [3.8, 4) is 6.07 Å². The first kappa shape index (κ1) is 11.5. The molecule has 0 atom stereocenters. The predicted molar refractivity (Wildman–Crippen MR) is 60.6 cm³/mol. The zero-order chi connectivity index (χ0) is 11.3. The molecule has 0 unspecified atom stereocenters. The van der Waals surface area contributed by atoms with Gasteiger partial charge in [0.05, 0.1) is 17.2 Å². The van der Waals surface area contributed by atoms with Crippen molar-refractivity contribution in [2.24, 2.45) is 0 Å². The van der Waals surface area contributed by atoms with Crippen molar-refractivity contribution in [3.63, 3.8) is 0 Å². The maximum Gasteiger partial charge on any atom is 0.0992 e. The van der Waals surface area contributed by atoms with Gasteiger partial charge in [-0.15, -0.1) is 0 Å². The minimum absolute atomic E-state index is 0.642. The largest absolute Gasteiger partial charge is 0.390 e. The Morgan fingerprint density at radius 3 is 2.80 bits per heavy atom. The molecular formula is C12H16N2O. The molecule has 0 aliphatic rings. The van der Waals surface area contributed by atoms with Crippen molar-refractivity contribution in [1.29, 1.82) is 5.26 Å². The first-order valence-corrected chi connectivity index (χ1v) is 4.98. The summed E-state index contributed by atoms with van der Waals surface area (Å²) in [6, 6.07) is 9.39. The molecule has 0 bridgehead atoms. The van der Waals surface area contributed by atoms with Crippen LogP contribution in [0.15, 0.2) is 24.3 Å². The second kappa shape index (κ2) is 4.81. The Balaban J connectivity index is 2.48. The highest BCUT2D eigenvalue weighted by Gasteiger charge is 2.10. The van der Waals surface area contributed by atoms with E-state index in [2.05, 4.69) is 11.4 Å². The quantitative estimate of drug-likeness (QED) is 0.790. The van der Waals surface area contributed by atoms with Crippen molar-refractivity contribution in [2.75, 3.05) is 11.9 Å². The van der Waals surface area contributed by atoms with E-state index in [1.807, 2.05) is 12.1 Å². The summed E-state index contributed by atoms with van der Waals surface area (Å²) in [4.78, 5) is 0. The van der Waals surface area contributed by atoms with Crippen molar-refractivity contribution in [2.45, 2.75) is 25.9 Å². The fourth-order valence-electron chi connectivity index (χ4n) is 1.21. The second-order valence-electron chi connectivity index (χ2n) is 4.18. The smallest absolute Gasteiger partial charge is 0.0992 e. The van der Waals surface area contributed by atoms with E-state index in [1.54, 1.807) is 26.0 Å². The number of hydrogen-bond donors (Lipinski definition) is 2. The molecule has 0 radical (unpaired) electrons. The maximum atomic E-state index is 9.50. The summed E-state index contributed by atoms with van der Waals surface area (Å²) in [5, 5.41) is 21.4. The van der Waals surface area contributed by atoms with Gasteiger partial charge in [-0.25, -0.2) is 0 Å². The molecule has 3 heteroatoms. The lowest BCUT2D eigenvalue weighted by Crippen LogP contribution is -2.22. The SMILES string of the molecule is CC(C)(O)CCNc1cccc(C#N)c1. The van der Waals surface area contributed by atoms with Gasteiger partial charge in [0.2, 0.25) is 0 Å². The van der Waals surface area contributed by atoms with Gasteiger partial charge in [-0.1, -0.05) is 6.07 Å². The molecule has 0 heterocycles. The van der Waals surface area contributed by atoms with Crippen LogP contribution in [0.1, 0.15) is 25.8 Å². The Morgan fingerprint density at radius 1 is 1.47 bits per heavy atom. The van der Waals surface area contributed by atoms with Gasteiger partial charge in [0.25, 0.3) is 0 Å². The molecule has 80 valence electrons. The summed E-state index contributed by atoms with van der Waals surface area (Å²) in [7, 11) is 0. The van der Waals surface area contributed by atoms with Crippen LogP contribution >= 0.6 is 0 Å². The lowest BCUT2D eigenvalue weighted by molar-refractivity contribution is 0.0749. The van der Waals surface area contributed by atoms with Gasteiger partial charge < -0.3 is 10.4 Å². The third-order valence-corrected chi connectivity index (χ3v) is 2.06. The molecule has 0 saturated heterocycles. The summed E-state index contributed by atoms with van der Waals surface area (Å²) >= 11 is 0. The first-order chi connectivity index (χ1) is 7.01. The predicted octanol–water partition coefficient (Wildman–Crippen LogP) is 2.13. The minimum atomic E-state index is -0.653. The molecule has 1 aromatic carbocycles. The monoisotopic (exact) mass is 204 g/mol. The van der Waals surface area contributed by atoms with E-state index >= 15 is 0 Å². The third-order valence-electron chi connectivity index (χ3n) is 2.06. The number of aliphatic hydroxyl groups is 1. The van der Waals surface area contributed by atoms with E-state index in [4.69, 9.17) is 5.26 Å². The van der Waals surface area contributed by atoms with Gasteiger partial charge in [-0.05, 0) is 38.5 Å². The average Bonchev–Trinajstić information content (AvgIpc) is 2.16. The van der Waals surface area contributed by atoms with Crippen LogP contribution in [-0.2, 0) is 0 Å². The summed E-state index contributed by atoms with van der Waals surface area (Å²) in [6.45, 7) is 4.25. The van der Waals surface area contributed by atoms with Gasteiger partial charge in [-0.2, -0.15) is 5.26 Å². The topological polar surface area (TPSA) is 56.0 Å². The molecule has 0 spiro atoms. The first-order valence-electron chi connectivity index (χ1n) is 4.98. The number of nitrogens with one attached hydrogen (secondary N) is 1. The van der Waals surface area contributed by atoms with Crippen molar-refractivity contribution in [1.82, 2.24) is 0 Å². The van der Waals surface area contributed by atoms with Crippen molar-refractivity contribution >= 4 is 5.69 Å². The minimum Gasteiger partial charge on any atom is -0.390 e. The van der Waals surface area contributed by atoms with E-state index in [1.165, 1.54) is 0 Å². The standard InChI is InChI=1S/C12H16N2O/c1-12(2,15)6-7-14-11-5-3-4-10(8-11)9-13/h3-5,8,14-15H,6-7H2,1-2H3. The molecule has 1 aromatic rings. The Hall–Kier alpha value is -1.53. The van der Waals surface area contributed by atoms with Crippen LogP contribution < -0.4 is 5.32 Å². The van der Waals surface area contributed by atoms with Crippen LogP contribution in [0.3, 0.4) is 0 Å². The number of nitriles is 1. The van der Waals surface area contributed by atoms with E-state index in [9.17, 15) is 5.11 Å². The number of anilines is 1. The Labute approximate surface area is 90.4 Å². The van der Waals surface area contributed by atoms with Crippen LogP contribution in [-0.4, -0.2) is 17.3 Å². The molecule has 15 heavy (non-hydrogen) atoms. The Bertz CT molecular complexity index is 361. The van der Waals surface area contributed by atoms with E-state index < -0.39 is 5.60 Å². The van der Waals surface area contributed by atoms with E-state index in [0.29, 0.717) is 18.5 Å². The van der Waals surface area contributed by atoms with Gasteiger partial charge in [-0.3, -0.25) is 0 Å². The normalized spacial score (nSPS) is 10.8.